The van der Waals surface area contributed by atoms with Crippen LogP contribution in [0.25, 0.3) is 11.3 Å². The minimum atomic E-state index is -0.0582. The van der Waals surface area contributed by atoms with Crippen molar-refractivity contribution in [1.29, 1.82) is 0 Å². The van der Waals surface area contributed by atoms with E-state index in [0.29, 0.717) is 39.8 Å². The monoisotopic (exact) mass is 371 g/mol. The fourth-order valence-electron chi connectivity index (χ4n) is 2.78. The number of methoxy groups -OCH3 is 2. The average molecular weight is 371 g/mol. The Kier molecular flexibility index (Phi) is 5.73. The highest BCUT2D eigenvalue weighted by Crippen LogP contribution is 2.35. The lowest BCUT2D eigenvalue weighted by atomic mass is 9.99. The largest absolute Gasteiger partial charge is 0.493 e. The second-order valence-electron chi connectivity index (χ2n) is 5.81. The molecule has 0 unspecified atom stereocenters. The number of ketones is 1. The van der Waals surface area contributed by atoms with E-state index in [0.717, 1.165) is 18.4 Å². The number of hydrogen-bond acceptors (Lipinski definition) is 6. The van der Waals surface area contributed by atoms with Crippen LogP contribution in [0.15, 0.2) is 40.2 Å². The second-order valence-corrected chi connectivity index (χ2v) is 6.76. The zero-order chi connectivity index (χ0) is 18.5. The van der Waals surface area contributed by atoms with Gasteiger partial charge in [0.15, 0.2) is 11.5 Å². The molecule has 0 bridgehead atoms. The third kappa shape index (κ3) is 3.51. The number of rotatable bonds is 8. The van der Waals surface area contributed by atoms with Crippen LogP contribution in [-0.2, 0) is 6.42 Å². The van der Waals surface area contributed by atoms with Crippen LogP contribution in [-0.4, -0.2) is 25.2 Å². The van der Waals surface area contributed by atoms with E-state index in [9.17, 15) is 4.79 Å². The average Bonchev–Trinajstić information content (AvgIpc) is 3.35. The smallest absolute Gasteiger partial charge is 0.208 e. The van der Waals surface area contributed by atoms with Crippen molar-refractivity contribution in [2.45, 2.75) is 26.2 Å². The third-order valence-corrected chi connectivity index (χ3v) is 5.02. The zero-order valence-electron chi connectivity index (χ0n) is 15.1. The normalized spacial score (nSPS) is 10.7. The number of thiophene rings is 1. The van der Waals surface area contributed by atoms with Gasteiger partial charge in [0, 0.05) is 12.0 Å². The Bertz CT molecular complexity index is 883. The summed E-state index contributed by atoms with van der Waals surface area (Å²) >= 11 is 1.42. The Balaban J connectivity index is 2.10. The Morgan fingerprint density at radius 1 is 1.19 bits per heavy atom. The van der Waals surface area contributed by atoms with Gasteiger partial charge in [-0.3, -0.25) is 4.79 Å². The number of ether oxygens (including phenoxy) is 2. The van der Waals surface area contributed by atoms with Crippen LogP contribution in [0.2, 0.25) is 0 Å². The Morgan fingerprint density at radius 2 is 2.00 bits per heavy atom. The van der Waals surface area contributed by atoms with Gasteiger partial charge in [-0.1, -0.05) is 24.6 Å². The van der Waals surface area contributed by atoms with Crippen LogP contribution < -0.4 is 9.47 Å². The van der Waals surface area contributed by atoms with Crippen LogP contribution >= 0.6 is 11.3 Å². The number of hydrogen-bond donors (Lipinski definition) is 0. The number of carbonyl (C=O) groups is 1. The van der Waals surface area contributed by atoms with Crippen molar-refractivity contribution in [3.8, 4) is 22.8 Å². The molecule has 0 spiro atoms. The van der Waals surface area contributed by atoms with E-state index in [-0.39, 0.29) is 5.78 Å². The standard InChI is InChI=1S/C20H21NO4S/c1-4-5-7-15-18(20(22)17-8-6-11-26-17)19(21-25-15)13-9-10-14(23-2)16(12-13)24-3/h6,8-12H,4-5,7H2,1-3H3. The minimum absolute atomic E-state index is 0.0582. The molecule has 0 saturated heterocycles. The summed E-state index contributed by atoms with van der Waals surface area (Å²) < 4.78 is 16.2. The van der Waals surface area contributed by atoms with Crippen molar-refractivity contribution in [2.75, 3.05) is 14.2 Å². The summed E-state index contributed by atoms with van der Waals surface area (Å²) in [6.45, 7) is 2.10. The molecule has 3 rings (SSSR count). The van der Waals surface area contributed by atoms with E-state index in [1.165, 1.54) is 11.3 Å². The molecular weight excluding hydrogens is 350 g/mol. The summed E-state index contributed by atoms with van der Waals surface area (Å²) in [6, 6.07) is 9.16. The molecule has 136 valence electrons. The summed E-state index contributed by atoms with van der Waals surface area (Å²) in [7, 11) is 3.16. The lowest BCUT2D eigenvalue weighted by molar-refractivity contribution is 0.104. The summed E-state index contributed by atoms with van der Waals surface area (Å²) in [6.07, 6.45) is 2.63. The van der Waals surface area contributed by atoms with E-state index in [2.05, 4.69) is 12.1 Å². The quantitative estimate of drug-likeness (QED) is 0.522. The molecule has 0 amide bonds. The molecule has 6 heteroatoms. The molecule has 2 aromatic heterocycles. The second kappa shape index (κ2) is 8.19. The first-order chi connectivity index (χ1) is 12.7. The maximum Gasteiger partial charge on any atom is 0.208 e. The van der Waals surface area contributed by atoms with Crippen LogP contribution in [0.5, 0.6) is 11.5 Å². The highest BCUT2D eigenvalue weighted by atomic mass is 32.1. The first-order valence-electron chi connectivity index (χ1n) is 8.48. The van der Waals surface area contributed by atoms with Gasteiger partial charge in [0.2, 0.25) is 5.78 Å². The molecule has 0 radical (unpaired) electrons. The van der Waals surface area contributed by atoms with Gasteiger partial charge < -0.3 is 14.0 Å². The minimum Gasteiger partial charge on any atom is -0.493 e. The van der Waals surface area contributed by atoms with Gasteiger partial charge in [0.05, 0.1) is 24.7 Å². The Morgan fingerprint density at radius 3 is 2.65 bits per heavy atom. The lowest BCUT2D eigenvalue weighted by Crippen LogP contribution is -2.03. The lowest BCUT2D eigenvalue weighted by Gasteiger charge is -2.09. The first-order valence-corrected chi connectivity index (χ1v) is 9.36. The van der Waals surface area contributed by atoms with Crippen molar-refractivity contribution >= 4 is 17.1 Å². The SMILES string of the molecule is CCCCc1onc(-c2ccc(OC)c(OC)c2)c1C(=O)c1cccs1. The first kappa shape index (κ1) is 18.2. The molecule has 0 aliphatic heterocycles. The van der Waals surface area contributed by atoms with Gasteiger partial charge in [0.25, 0.3) is 0 Å². The number of nitrogens with zero attached hydrogens (tertiary/aromatic N) is 1. The zero-order valence-corrected chi connectivity index (χ0v) is 15.9. The van der Waals surface area contributed by atoms with Crippen molar-refractivity contribution in [1.82, 2.24) is 5.16 Å². The van der Waals surface area contributed by atoms with Crippen molar-refractivity contribution in [2.24, 2.45) is 0 Å². The Hall–Kier alpha value is -2.60. The van der Waals surface area contributed by atoms with E-state index >= 15 is 0 Å². The van der Waals surface area contributed by atoms with Crippen LogP contribution in [0.3, 0.4) is 0 Å². The number of benzene rings is 1. The fraction of sp³-hybridized carbons (Fsp3) is 0.300. The topological polar surface area (TPSA) is 61.6 Å². The summed E-state index contributed by atoms with van der Waals surface area (Å²) in [5.74, 6) is 1.78. The molecular formula is C20H21NO4S. The van der Waals surface area contributed by atoms with E-state index < -0.39 is 0 Å². The van der Waals surface area contributed by atoms with Crippen LogP contribution in [0, 0.1) is 0 Å². The molecule has 2 heterocycles. The molecule has 1 aromatic carbocycles. The van der Waals surface area contributed by atoms with Crippen LogP contribution in [0.1, 0.15) is 40.8 Å². The Labute approximate surface area is 156 Å². The third-order valence-electron chi connectivity index (χ3n) is 4.15. The molecule has 0 N–H and O–H groups in total. The van der Waals surface area contributed by atoms with Crippen molar-refractivity contribution in [3.63, 3.8) is 0 Å². The molecule has 0 aliphatic rings. The fourth-order valence-corrected chi connectivity index (χ4v) is 3.45. The number of aromatic nitrogens is 1. The van der Waals surface area contributed by atoms with Gasteiger partial charge in [-0.2, -0.15) is 0 Å². The van der Waals surface area contributed by atoms with Gasteiger partial charge in [-0.25, -0.2) is 0 Å². The molecule has 0 aliphatic carbocycles. The van der Waals surface area contributed by atoms with Gasteiger partial charge in [-0.05, 0) is 36.1 Å². The predicted molar refractivity (Wildman–Crippen MR) is 101 cm³/mol. The number of unbranched alkanes of at least 4 members (excludes halogenated alkanes) is 1. The van der Waals surface area contributed by atoms with Crippen LogP contribution in [0.4, 0.5) is 0 Å². The molecule has 0 atom stereocenters. The van der Waals surface area contributed by atoms with E-state index in [1.807, 2.05) is 29.6 Å². The molecule has 26 heavy (non-hydrogen) atoms. The van der Waals surface area contributed by atoms with Crippen molar-refractivity contribution < 1.29 is 18.8 Å². The summed E-state index contributed by atoms with van der Waals surface area (Å²) in [5, 5.41) is 6.10. The maximum absolute atomic E-state index is 13.1. The number of aryl methyl sites for hydroxylation is 1. The molecule has 5 nitrogen and oxygen atoms in total. The van der Waals surface area contributed by atoms with Gasteiger partial charge in [0.1, 0.15) is 11.5 Å². The highest BCUT2D eigenvalue weighted by molar-refractivity contribution is 7.12. The summed E-state index contributed by atoms with van der Waals surface area (Å²) in [5.41, 5.74) is 1.83. The molecule has 0 saturated carbocycles. The highest BCUT2D eigenvalue weighted by Gasteiger charge is 2.25. The van der Waals surface area contributed by atoms with Gasteiger partial charge in [-0.15, -0.1) is 11.3 Å². The van der Waals surface area contributed by atoms with Gasteiger partial charge >= 0.3 is 0 Å². The molecule has 0 fully saturated rings. The number of carbonyl (C=O) groups excluding carboxylic acids is 1. The maximum atomic E-state index is 13.1. The van der Waals surface area contributed by atoms with E-state index in [4.69, 9.17) is 14.0 Å². The van der Waals surface area contributed by atoms with E-state index in [1.54, 1.807) is 20.3 Å². The summed E-state index contributed by atoms with van der Waals surface area (Å²) in [4.78, 5) is 13.8. The van der Waals surface area contributed by atoms with Crippen molar-refractivity contribution in [3.05, 3.63) is 51.9 Å². The predicted octanol–water partition coefficient (Wildman–Crippen LogP) is 4.99. The molecule has 3 aromatic rings.